The Kier molecular flexibility index (Phi) is 6.61. The van der Waals surface area contributed by atoms with Gasteiger partial charge in [0.25, 0.3) is 0 Å². The van der Waals surface area contributed by atoms with Gasteiger partial charge in [-0.15, -0.1) is 0 Å². The van der Waals surface area contributed by atoms with Gasteiger partial charge in [0, 0.05) is 18.5 Å². The third-order valence-electron chi connectivity index (χ3n) is 5.13. The predicted octanol–water partition coefficient (Wildman–Crippen LogP) is 4.39. The second kappa shape index (κ2) is 8.48. The fraction of sp³-hybridized carbons (Fsp3) is 0.571. The Morgan fingerprint density at radius 3 is 2.62 bits per heavy atom. The zero-order valence-corrected chi connectivity index (χ0v) is 15.5. The summed E-state index contributed by atoms with van der Waals surface area (Å²) >= 11 is 0. The quantitative estimate of drug-likeness (QED) is 0.572. The average molecular weight is 329 g/mol. The third-order valence-corrected chi connectivity index (χ3v) is 5.13. The maximum absolute atomic E-state index is 12.5. The first-order chi connectivity index (χ1) is 11.4. The van der Waals surface area contributed by atoms with E-state index >= 15 is 0 Å². The summed E-state index contributed by atoms with van der Waals surface area (Å²) < 4.78 is 6.12. The monoisotopic (exact) mass is 329 g/mol. The van der Waals surface area contributed by atoms with Crippen LogP contribution >= 0.6 is 0 Å². The molecule has 2 rings (SSSR count). The molecule has 0 aliphatic heterocycles. The summed E-state index contributed by atoms with van der Waals surface area (Å²) in [4.78, 5) is 14.7. The van der Waals surface area contributed by atoms with E-state index < -0.39 is 0 Å². The minimum atomic E-state index is -0.347. The number of hydrogen-bond acceptors (Lipinski definition) is 3. The van der Waals surface area contributed by atoms with Gasteiger partial charge in [-0.2, -0.15) is 0 Å². The Bertz CT molecular complexity index is 550. The first-order valence-electron chi connectivity index (χ1n) is 9.05. The molecule has 1 aromatic rings. The van der Waals surface area contributed by atoms with Crippen LogP contribution in [0.25, 0.3) is 6.08 Å². The van der Waals surface area contributed by atoms with Gasteiger partial charge < -0.3 is 9.64 Å². The molecule has 0 N–H and O–H groups in total. The summed E-state index contributed by atoms with van der Waals surface area (Å²) in [6.07, 6.45) is 7.86. The van der Waals surface area contributed by atoms with Crippen molar-refractivity contribution in [3.05, 3.63) is 42.0 Å². The third kappa shape index (κ3) is 4.70. The number of esters is 1. The van der Waals surface area contributed by atoms with Gasteiger partial charge in [0.05, 0.1) is 0 Å². The number of carbonyl (C=O) groups excluding carboxylic acids is 1. The highest BCUT2D eigenvalue weighted by molar-refractivity contribution is 5.87. The highest BCUT2D eigenvalue weighted by atomic mass is 16.6. The van der Waals surface area contributed by atoms with E-state index in [4.69, 9.17) is 4.74 Å². The zero-order chi connectivity index (χ0) is 17.6. The Morgan fingerprint density at radius 1 is 1.29 bits per heavy atom. The number of hydrogen-bond donors (Lipinski definition) is 0. The summed E-state index contributed by atoms with van der Waals surface area (Å²) in [7, 11) is 4.19. The minimum absolute atomic E-state index is 0.224. The van der Waals surface area contributed by atoms with Crippen molar-refractivity contribution < 1.29 is 9.53 Å². The molecule has 0 radical (unpaired) electrons. The van der Waals surface area contributed by atoms with Crippen LogP contribution in [0.5, 0.6) is 0 Å². The molecule has 1 aliphatic rings. The molecule has 3 heteroatoms. The summed E-state index contributed by atoms with van der Waals surface area (Å²) in [5.41, 5.74) is 0.669. The van der Waals surface area contributed by atoms with E-state index in [0.717, 1.165) is 31.4 Å². The standard InChI is InChI=1S/C21H31NO2/c1-17(2)21(15-9-8-12-19(21)16-22(3)4)24-20(23)14-13-18-10-6-5-7-11-18/h5-7,10-11,13-14,17,19H,8-9,12,15-16H2,1-4H3/b14-13-. The first kappa shape index (κ1) is 18.7. The molecule has 3 nitrogen and oxygen atoms in total. The average Bonchev–Trinajstić information content (AvgIpc) is 2.55. The molecule has 0 spiro atoms. The number of ether oxygens (including phenoxy) is 1. The molecule has 0 heterocycles. The Balaban J connectivity index is 2.13. The van der Waals surface area contributed by atoms with Gasteiger partial charge >= 0.3 is 5.97 Å². The van der Waals surface area contributed by atoms with Gasteiger partial charge in [0.1, 0.15) is 5.60 Å². The minimum Gasteiger partial charge on any atom is -0.455 e. The van der Waals surface area contributed by atoms with E-state index in [0.29, 0.717) is 11.8 Å². The fourth-order valence-electron chi connectivity index (χ4n) is 3.89. The highest BCUT2D eigenvalue weighted by Crippen LogP contribution is 2.42. The highest BCUT2D eigenvalue weighted by Gasteiger charge is 2.46. The number of carbonyl (C=O) groups is 1. The molecular formula is C21H31NO2. The van der Waals surface area contributed by atoms with Crippen LogP contribution in [-0.2, 0) is 9.53 Å². The van der Waals surface area contributed by atoms with Crippen molar-refractivity contribution in [3.8, 4) is 0 Å². The molecule has 2 atom stereocenters. The van der Waals surface area contributed by atoms with E-state index in [1.54, 1.807) is 6.08 Å². The van der Waals surface area contributed by atoms with E-state index in [-0.39, 0.29) is 11.6 Å². The molecular weight excluding hydrogens is 298 g/mol. The normalized spacial score (nSPS) is 24.7. The van der Waals surface area contributed by atoms with Crippen molar-refractivity contribution in [2.45, 2.75) is 45.1 Å². The van der Waals surface area contributed by atoms with Crippen molar-refractivity contribution in [1.82, 2.24) is 4.90 Å². The van der Waals surface area contributed by atoms with E-state index in [9.17, 15) is 4.79 Å². The van der Waals surface area contributed by atoms with Crippen molar-refractivity contribution in [2.75, 3.05) is 20.6 Å². The number of benzene rings is 1. The van der Waals surface area contributed by atoms with Crippen LogP contribution in [0.2, 0.25) is 0 Å². The molecule has 0 aromatic heterocycles. The molecule has 2 unspecified atom stereocenters. The zero-order valence-electron chi connectivity index (χ0n) is 15.5. The molecule has 0 bridgehead atoms. The van der Waals surface area contributed by atoms with Crippen LogP contribution in [0.3, 0.4) is 0 Å². The molecule has 132 valence electrons. The lowest BCUT2D eigenvalue weighted by Crippen LogP contribution is -2.52. The maximum Gasteiger partial charge on any atom is 0.331 e. The van der Waals surface area contributed by atoms with Gasteiger partial charge in [-0.05, 0) is 50.9 Å². The van der Waals surface area contributed by atoms with Crippen LogP contribution in [0.4, 0.5) is 0 Å². The van der Waals surface area contributed by atoms with E-state index in [1.165, 1.54) is 6.42 Å². The predicted molar refractivity (Wildman–Crippen MR) is 99.6 cm³/mol. The summed E-state index contributed by atoms with van der Waals surface area (Å²) in [6, 6.07) is 9.87. The van der Waals surface area contributed by atoms with Crippen LogP contribution in [0.15, 0.2) is 36.4 Å². The van der Waals surface area contributed by atoms with Crippen molar-refractivity contribution in [3.63, 3.8) is 0 Å². The SMILES string of the molecule is CC(C)C1(OC(=O)/C=C\c2ccccc2)CCCCC1CN(C)C. The molecule has 24 heavy (non-hydrogen) atoms. The van der Waals surface area contributed by atoms with Crippen LogP contribution in [0, 0.1) is 11.8 Å². The topological polar surface area (TPSA) is 29.5 Å². The largest absolute Gasteiger partial charge is 0.455 e. The fourth-order valence-corrected chi connectivity index (χ4v) is 3.89. The Labute approximate surface area is 146 Å². The Hall–Kier alpha value is -1.61. The molecule has 0 saturated heterocycles. The van der Waals surface area contributed by atoms with Crippen molar-refractivity contribution in [2.24, 2.45) is 11.8 Å². The van der Waals surface area contributed by atoms with Crippen LogP contribution < -0.4 is 0 Å². The van der Waals surface area contributed by atoms with Crippen LogP contribution in [-0.4, -0.2) is 37.1 Å². The maximum atomic E-state index is 12.5. The molecule has 1 aromatic carbocycles. The molecule has 1 saturated carbocycles. The number of nitrogens with zero attached hydrogens (tertiary/aromatic N) is 1. The van der Waals surface area contributed by atoms with E-state index in [2.05, 4.69) is 32.8 Å². The molecule has 0 amide bonds. The Morgan fingerprint density at radius 2 is 2.00 bits per heavy atom. The van der Waals surface area contributed by atoms with Gasteiger partial charge in [-0.1, -0.05) is 50.6 Å². The molecule has 1 fully saturated rings. The summed E-state index contributed by atoms with van der Waals surface area (Å²) in [5.74, 6) is 0.491. The molecule has 1 aliphatic carbocycles. The van der Waals surface area contributed by atoms with Crippen molar-refractivity contribution in [1.29, 1.82) is 0 Å². The second-order valence-corrected chi connectivity index (χ2v) is 7.48. The first-order valence-corrected chi connectivity index (χ1v) is 9.05. The summed E-state index contributed by atoms with van der Waals surface area (Å²) in [6.45, 7) is 5.33. The van der Waals surface area contributed by atoms with E-state index in [1.807, 2.05) is 36.4 Å². The lowest BCUT2D eigenvalue weighted by molar-refractivity contribution is -0.174. The lowest BCUT2D eigenvalue weighted by Gasteiger charge is -2.47. The van der Waals surface area contributed by atoms with Gasteiger partial charge in [0.15, 0.2) is 0 Å². The lowest BCUT2D eigenvalue weighted by atomic mass is 9.69. The second-order valence-electron chi connectivity index (χ2n) is 7.48. The summed E-state index contributed by atoms with van der Waals surface area (Å²) in [5, 5.41) is 0. The van der Waals surface area contributed by atoms with Gasteiger partial charge in [-0.25, -0.2) is 4.79 Å². The van der Waals surface area contributed by atoms with Crippen LogP contribution in [0.1, 0.15) is 45.1 Å². The smallest absolute Gasteiger partial charge is 0.331 e. The van der Waals surface area contributed by atoms with Crippen molar-refractivity contribution >= 4 is 12.0 Å². The van der Waals surface area contributed by atoms with Gasteiger partial charge in [0.2, 0.25) is 0 Å². The number of rotatable bonds is 6. The van der Waals surface area contributed by atoms with Gasteiger partial charge in [-0.3, -0.25) is 0 Å².